The summed E-state index contributed by atoms with van der Waals surface area (Å²) in [5.41, 5.74) is 0.567. The quantitative estimate of drug-likeness (QED) is 0.642. The van der Waals surface area contributed by atoms with Gasteiger partial charge >= 0.3 is 0 Å². The highest BCUT2D eigenvalue weighted by molar-refractivity contribution is 4.84. The van der Waals surface area contributed by atoms with E-state index in [1.54, 1.807) is 0 Å². The van der Waals surface area contributed by atoms with E-state index in [0.717, 1.165) is 5.92 Å². The van der Waals surface area contributed by atoms with Crippen LogP contribution < -0.4 is 5.32 Å². The van der Waals surface area contributed by atoms with Crippen LogP contribution in [0.5, 0.6) is 0 Å². The van der Waals surface area contributed by atoms with Gasteiger partial charge in [0.15, 0.2) is 0 Å². The molecule has 1 N–H and O–H groups in total. The molecule has 1 heteroatoms. The Hall–Kier alpha value is -0.0400. The van der Waals surface area contributed by atoms with Crippen LogP contribution in [0.2, 0.25) is 0 Å². The van der Waals surface area contributed by atoms with Crippen molar-refractivity contribution in [3.63, 3.8) is 0 Å². The lowest BCUT2D eigenvalue weighted by Crippen LogP contribution is -2.26. The maximum absolute atomic E-state index is 3.48. The average Bonchev–Trinajstić information content (AvgIpc) is 2.65. The van der Waals surface area contributed by atoms with Crippen LogP contribution in [0.3, 0.4) is 0 Å². The Morgan fingerprint density at radius 3 is 2.57 bits per heavy atom. The van der Waals surface area contributed by atoms with Crippen molar-refractivity contribution in [3.8, 4) is 0 Å². The van der Waals surface area contributed by atoms with Gasteiger partial charge < -0.3 is 5.32 Å². The van der Waals surface area contributed by atoms with E-state index in [9.17, 15) is 0 Å². The van der Waals surface area contributed by atoms with Crippen molar-refractivity contribution in [3.05, 3.63) is 0 Å². The molecule has 14 heavy (non-hydrogen) atoms. The van der Waals surface area contributed by atoms with Crippen molar-refractivity contribution in [2.24, 2.45) is 11.3 Å². The first-order valence-electron chi connectivity index (χ1n) is 6.37. The first kappa shape index (κ1) is 12.0. The van der Waals surface area contributed by atoms with Gasteiger partial charge in [-0.1, -0.05) is 46.5 Å². The van der Waals surface area contributed by atoms with E-state index in [-0.39, 0.29) is 0 Å². The zero-order valence-corrected chi connectivity index (χ0v) is 10.2. The minimum Gasteiger partial charge on any atom is -0.316 e. The van der Waals surface area contributed by atoms with Crippen LogP contribution in [-0.4, -0.2) is 13.1 Å². The van der Waals surface area contributed by atoms with Crippen molar-refractivity contribution in [1.82, 2.24) is 5.32 Å². The number of unbranched alkanes of at least 4 members (excludes halogenated alkanes) is 3. The Balaban J connectivity index is 2.19. The Morgan fingerprint density at radius 2 is 2.00 bits per heavy atom. The summed E-state index contributed by atoms with van der Waals surface area (Å²) in [6.45, 7) is 9.68. The minimum atomic E-state index is 0.567. The van der Waals surface area contributed by atoms with Crippen LogP contribution in [0.4, 0.5) is 0 Å². The van der Waals surface area contributed by atoms with Gasteiger partial charge in [0.2, 0.25) is 0 Å². The van der Waals surface area contributed by atoms with Gasteiger partial charge in [-0.3, -0.25) is 0 Å². The standard InChI is InChI=1S/C13H27N/c1-4-5-6-7-9-13(2,3)12-8-10-14-11-12/h12,14H,4-11H2,1-3H3. The summed E-state index contributed by atoms with van der Waals surface area (Å²) in [7, 11) is 0. The Bertz CT molecular complexity index is 145. The second-order valence-electron chi connectivity index (χ2n) is 5.49. The molecule has 1 saturated heterocycles. The van der Waals surface area contributed by atoms with Crippen molar-refractivity contribution < 1.29 is 0 Å². The van der Waals surface area contributed by atoms with Gasteiger partial charge in [-0.15, -0.1) is 0 Å². The minimum absolute atomic E-state index is 0.567. The molecule has 0 aromatic rings. The molecule has 1 atom stereocenters. The summed E-state index contributed by atoms with van der Waals surface area (Å²) >= 11 is 0. The van der Waals surface area contributed by atoms with E-state index in [1.165, 1.54) is 51.6 Å². The lowest BCUT2D eigenvalue weighted by molar-refractivity contribution is 0.204. The molecule has 0 aromatic heterocycles. The third kappa shape index (κ3) is 3.61. The summed E-state index contributed by atoms with van der Waals surface area (Å²) in [6.07, 6.45) is 8.43. The Morgan fingerprint density at radius 1 is 1.21 bits per heavy atom. The van der Waals surface area contributed by atoms with Crippen LogP contribution in [0, 0.1) is 11.3 Å². The molecule has 1 rings (SSSR count). The van der Waals surface area contributed by atoms with E-state index in [4.69, 9.17) is 0 Å². The normalized spacial score (nSPS) is 22.9. The summed E-state index contributed by atoms with van der Waals surface area (Å²) < 4.78 is 0. The maximum atomic E-state index is 3.48. The molecule has 1 aliphatic heterocycles. The third-order valence-electron chi connectivity index (χ3n) is 3.84. The second-order valence-corrected chi connectivity index (χ2v) is 5.49. The zero-order valence-electron chi connectivity index (χ0n) is 10.2. The van der Waals surface area contributed by atoms with E-state index in [2.05, 4.69) is 26.1 Å². The molecule has 1 heterocycles. The van der Waals surface area contributed by atoms with Crippen LogP contribution in [0.15, 0.2) is 0 Å². The fourth-order valence-corrected chi connectivity index (χ4v) is 2.53. The molecule has 1 unspecified atom stereocenters. The molecule has 0 spiro atoms. The molecule has 0 bridgehead atoms. The van der Waals surface area contributed by atoms with E-state index in [0.29, 0.717) is 5.41 Å². The first-order chi connectivity index (χ1) is 6.67. The average molecular weight is 197 g/mol. The highest BCUT2D eigenvalue weighted by Crippen LogP contribution is 2.36. The highest BCUT2D eigenvalue weighted by Gasteiger charge is 2.30. The monoisotopic (exact) mass is 197 g/mol. The van der Waals surface area contributed by atoms with E-state index in [1.807, 2.05) is 0 Å². The molecule has 0 saturated carbocycles. The fourth-order valence-electron chi connectivity index (χ4n) is 2.53. The SMILES string of the molecule is CCCCCCC(C)(C)C1CCNC1. The lowest BCUT2D eigenvalue weighted by atomic mass is 9.74. The highest BCUT2D eigenvalue weighted by atomic mass is 14.9. The van der Waals surface area contributed by atoms with Crippen molar-refractivity contribution in [2.45, 2.75) is 59.3 Å². The number of rotatable bonds is 6. The van der Waals surface area contributed by atoms with Crippen LogP contribution in [-0.2, 0) is 0 Å². The summed E-state index contributed by atoms with van der Waals surface area (Å²) in [4.78, 5) is 0. The molecule has 1 fully saturated rings. The number of nitrogens with one attached hydrogen (secondary N) is 1. The number of hydrogen-bond acceptors (Lipinski definition) is 1. The third-order valence-corrected chi connectivity index (χ3v) is 3.84. The Kier molecular flexibility index (Phi) is 4.94. The van der Waals surface area contributed by atoms with Gasteiger partial charge in [-0.05, 0) is 37.3 Å². The van der Waals surface area contributed by atoms with E-state index >= 15 is 0 Å². The molecule has 84 valence electrons. The molecule has 0 amide bonds. The molecule has 0 aliphatic carbocycles. The molecule has 0 radical (unpaired) electrons. The number of hydrogen-bond donors (Lipinski definition) is 1. The second kappa shape index (κ2) is 5.75. The van der Waals surface area contributed by atoms with Crippen molar-refractivity contribution in [2.75, 3.05) is 13.1 Å². The molecule has 1 nitrogen and oxygen atoms in total. The molecular weight excluding hydrogens is 170 g/mol. The smallest absolute Gasteiger partial charge is 0.00149 e. The van der Waals surface area contributed by atoms with Gasteiger partial charge in [0.25, 0.3) is 0 Å². The van der Waals surface area contributed by atoms with Crippen molar-refractivity contribution >= 4 is 0 Å². The van der Waals surface area contributed by atoms with Gasteiger partial charge in [0.1, 0.15) is 0 Å². The zero-order chi connectivity index (χ0) is 10.4. The largest absolute Gasteiger partial charge is 0.316 e. The predicted octanol–water partition coefficient (Wildman–Crippen LogP) is 3.59. The fraction of sp³-hybridized carbons (Fsp3) is 1.00. The van der Waals surface area contributed by atoms with E-state index < -0.39 is 0 Å². The summed E-state index contributed by atoms with van der Waals surface area (Å²) in [6, 6.07) is 0. The Labute approximate surface area is 89.7 Å². The van der Waals surface area contributed by atoms with Crippen LogP contribution >= 0.6 is 0 Å². The predicted molar refractivity (Wildman–Crippen MR) is 63.5 cm³/mol. The first-order valence-corrected chi connectivity index (χ1v) is 6.37. The molecule has 0 aromatic carbocycles. The maximum Gasteiger partial charge on any atom is -0.00149 e. The van der Waals surface area contributed by atoms with Gasteiger partial charge in [-0.2, -0.15) is 0 Å². The van der Waals surface area contributed by atoms with Gasteiger partial charge in [-0.25, -0.2) is 0 Å². The van der Waals surface area contributed by atoms with Crippen LogP contribution in [0.1, 0.15) is 59.3 Å². The van der Waals surface area contributed by atoms with Gasteiger partial charge in [0.05, 0.1) is 0 Å². The molecule has 1 aliphatic rings. The topological polar surface area (TPSA) is 12.0 Å². The lowest BCUT2D eigenvalue weighted by Gasteiger charge is -2.31. The van der Waals surface area contributed by atoms with Crippen molar-refractivity contribution in [1.29, 1.82) is 0 Å². The summed E-state index contributed by atoms with van der Waals surface area (Å²) in [5.74, 6) is 0.920. The molecular formula is C13H27N. The van der Waals surface area contributed by atoms with Gasteiger partial charge in [0, 0.05) is 0 Å². The van der Waals surface area contributed by atoms with Crippen LogP contribution in [0.25, 0.3) is 0 Å². The summed E-state index contributed by atoms with van der Waals surface area (Å²) in [5, 5.41) is 3.48.